The van der Waals surface area contributed by atoms with Crippen LogP contribution in [0.3, 0.4) is 0 Å². The van der Waals surface area contributed by atoms with Crippen LogP contribution >= 0.6 is 0 Å². The zero-order valence-corrected chi connectivity index (χ0v) is 10.0. The largest absolute Gasteiger partial charge is 0.0992 e. The Hall–Kier alpha value is -0.823. The van der Waals surface area contributed by atoms with Gasteiger partial charge in [-0.1, -0.05) is 61.2 Å². The lowest BCUT2D eigenvalue weighted by Gasteiger charge is -2.20. The van der Waals surface area contributed by atoms with Crippen LogP contribution in [0, 0.1) is 6.92 Å². The van der Waals surface area contributed by atoms with E-state index in [1.54, 1.807) is 0 Å². The van der Waals surface area contributed by atoms with Gasteiger partial charge in [0.2, 0.25) is 0 Å². The third-order valence-corrected chi connectivity index (χ3v) is 4.37. The second-order valence-corrected chi connectivity index (χ2v) is 9.70. The van der Waals surface area contributed by atoms with Gasteiger partial charge in [-0.2, -0.15) is 0 Å². The van der Waals surface area contributed by atoms with Gasteiger partial charge in [-0.15, -0.1) is 0 Å². The minimum Gasteiger partial charge on any atom is -0.0992 e. The summed E-state index contributed by atoms with van der Waals surface area (Å²) in [5, 5.41) is 1.34. The Bertz CT molecular complexity index is 318. The lowest BCUT2D eigenvalue weighted by molar-refractivity contribution is 1.45. The Morgan fingerprint density at radius 2 is 1.85 bits per heavy atom. The number of rotatable bonds is 2. The lowest BCUT2D eigenvalue weighted by atomic mass is 10.1. The van der Waals surface area contributed by atoms with Crippen LogP contribution in [-0.4, -0.2) is 8.07 Å². The van der Waals surface area contributed by atoms with Crippen molar-refractivity contribution in [1.82, 2.24) is 0 Å². The summed E-state index contributed by atoms with van der Waals surface area (Å²) >= 11 is 0. The van der Waals surface area contributed by atoms with E-state index >= 15 is 0 Å². The van der Waals surface area contributed by atoms with E-state index in [1.807, 2.05) is 0 Å². The van der Waals surface area contributed by atoms with Gasteiger partial charge < -0.3 is 0 Å². The molecule has 0 saturated heterocycles. The van der Waals surface area contributed by atoms with Crippen LogP contribution in [0.25, 0.3) is 5.20 Å². The van der Waals surface area contributed by atoms with Crippen molar-refractivity contribution in [3.05, 3.63) is 42.0 Å². The van der Waals surface area contributed by atoms with Crippen molar-refractivity contribution in [2.75, 3.05) is 0 Å². The molecule has 0 aliphatic heterocycles. The van der Waals surface area contributed by atoms with Crippen LogP contribution in [0.1, 0.15) is 11.1 Å². The van der Waals surface area contributed by atoms with Gasteiger partial charge in [0.1, 0.15) is 0 Å². The van der Waals surface area contributed by atoms with Gasteiger partial charge in [-0.05, 0) is 12.5 Å². The van der Waals surface area contributed by atoms with Crippen LogP contribution in [0.15, 0.2) is 30.8 Å². The van der Waals surface area contributed by atoms with Crippen molar-refractivity contribution >= 4 is 13.3 Å². The fourth-order valence-electron chi connectivity index (χ4n) is 1.27. The highest BCUT2D eigenvalue weighted by Gasteiger charge is 2.18. The Labute approximate surface area is 82.3 Å². The average Bonchev–Trinajstić information content (AvgIpc) is 2.01. The van der Waals surface area contributed by atoms with E-state index < -0.39 is 8.07 Å². The SMILES string of the molecule is C=C(c1cccc(C)c1)[Si](C)(C)C. The molecule has 0 radical (unpaired) electrons. The molecule has 1 heteroatoms. The van der Waals surface area contributed by atoms with E-state index in [2.05, 4.69) is 57.4 Å². The molecule has 0 bridgehead atoms. The van der Waals surface area contributed by atoms with Gasteiger partial charge >= 0.3 is 0 Å². The summed E-state index contributed by atoms with van der Waals surface area (Å²) in [5.41, 5.74) is 2.64. The predicted molar refractivity (Wildman–Crippen MR) is 63.6 cm³/mol. The Morgan fingerprint density at radius 3 is 2.31 bits per heavy atom. The van der Waals surface area contributed by atoms with Crippen molar-refractivity contribution in [2.24, 2.45) is 0 Å². The van der Waals surface area contributed by atoms with Crippen molar-refractivity contribution in [2.45, 2.75) is 26.6 Å². The molecule has 13 heavy (non-hydrogen) atoms. The van der Waals surface area contributed by atoms with Crippen LogP contribution in [0.4, 0.5) is 0 Å². The maximum Gasteiger partial charge on any atom is 0.0776 e. The first-order valence-electron chi connectivity index (χ1n) is 4.67. The first-order chi connectivity index (χ1) is 5.91. The summed E-state index contributed by atoms with van der Waals surface area (Å²) in [6, 6.07) is 8.62. The molecule has 0 heterocycles. The monoisotopic (exact) mass is 190 g/mol. The fourth-order valence-corrected chi connectivity index (χ4v) is 2.29. The highest BCUT2D eigenvalue weighted by atomic mass is 28.3. The molecule has 0 N–H and O–H groups in total. The van der Waals surface area contributed by atoms with Gasteiger partial charge in [-0.25, -0.2) is 0 Å². The first-order valence-corrected chi connectivity index (χ1v) is 8.17. The molecule has 0 aliphatic carbocycles. The smallest absolute Gasteiger partial charge is 0.0776 e. The minimum absolute atomic E-state index is 1.22. The minimum atomic E-state index is -1.22. The van der Waals surface area contributed by atoms with Crippen LogP contribution < -0.4 is 0 Å². The molecule has 70 valence electrons. The zero-order chi connectivity index (χ0) is 10.1. The summed E-state index contributed by atoms with van der Waals surface area (Å²) in [6.07, 6.45) is 0. The molecule has 0 unspecified atom stereocenters. The summed E-state index contributed by atoms with van der Waals surface area (Å²) < 4.78 is 0. The van der Waals surface area contributed by atoms with Crippen molar-refractivity contribution in [3.63, 3.8) is 0 Å². The number of hydrogen-bond acceptors (Lipinski definition) is 0. The van der Waals surface area contributed by atoms with E-state index in [0.717, 1.165) is 0 Å². The van der Waals surface area contributed by atoms with E-state index in [1.165, 1.54) is 16.3 Å². The van der Waals surface area contributed by atoms with E-state index in [4.69, 9.17) is 0 Å². The highest BCUT2D eigenvalue weighted by molar-refractivity contribution is 6.93. The molecule has 0 nitrogen and oxygen atoms in total. The Morgan fingerprint density at radius 1 is 1.23 bits per heavy atom. The molecule has 1 aromatic carbocycles. The van der Waals surface area contributed by atoms with Crippen LogP contribution in [-0.2, 0) is 0 Å². The quantitative estimate of drug-likeness (QED) is 0.621. The van der Waals surface area contributed by atoms with Crippen molar-refractivity contribution in [3.8, 4) is 0 Å². The summed E-state index contributed by atoms with van der Waals surface area (Å²) in [7, 11) is -1.22. The second kappa shape index (κ2) is 3.50. The number of benzene rings is 1. The van der Waals surface area contributed by atoms with E-state index in [-0.39, 0.29) is 0 Å². The normalized spacial score (nSPS) is 11.4. The number of aryl methyl sites for hydroxylation is 1. The topological polar surface area (TPSA) is 0 Å². The molecule has 0 aromatic heterocycles. The third kappa shape index (κ3) is 2.56. The molecular formula is C12H18Si. The average molecular weight is 190 g/mol. The highest BCUT2D eigenvalue weighted by Crippen LogP contribution is 2.24. The third-order valence-electron chi connectivity index (χ3n) is 2.27. The Kier molecular flexibility index (Phi) is 2.76. The fraction of sp³-hybridized carbons (Fsp3) is 0.333. The van der Waals surface area contributed by atoms with Crippen LogP contribution in [0.2, 0.25) is 19.6 Å². The predicted octanol–water partition coefficient (Wildman–Crippen LogP) is 3.89. The maximum absolute atomic E-state index is 4.20. The van der Waals surface area contributed by atoms with Gasteiger partial charge in [0.15, 0.2) is 0 Å². The molecule has 0 saturated carbocycles. The molecular weight excluding hydrogens is 172 g/mol. The van der Waals surface area contributed by atoms with Gasteiger partial charge in [-0.3, -0.25) is 0 Å². The Balaban J connectivity index is 3.03. The van der Waals surface area contributed by atoms with E-state index in [9.17, 15) is 0 Å². The summed E-state index contributed by atoms with van der Waals surface area (Å²) in [4.78, 5) is 0. The molecule has 0 aliphatic rings. The standard InChI is InChI=1S/C12H18Si/c1-10-7-6-8-12(9-10)11(2)13(3,4)5/h6-9H,2H2,1,3-5H3. The summed E-state index contributed by atoms with van der Waals surface area (Å²) in [5.74, 6) is 0. The van der Waals surface area contributed by atoms with Crippen molar-refractivity contribution < 1.29 is 0 Å². The van der Waals surface area contributed by atoms with Crippen LogP contribution in [0.5, 0.6) is 0 Å². The second-order valence-electron chi connectivity index (χ2n) is 4.60. The molecule has 0 spiro atoms. The molecule has 0 fully saturated rings. The maximum atomic E-state index is 4.20. The van der Waals surface area contributed by atoms with Gasteiger partial charge in [0.25, 0.3) is 0 Å². The summed E-state index contributed by atoms with van der Waals surface area (Å²) in [6.45, 7) is 13.3. The van der Waals surface area contributed by atoms with E-state index in [0.29, 0.717) is 0 Å². The van der Waals surface area contributed by atoms with Gasteiger partial charge in [0.05, 0.1) is 8.07 Å². The molecule has 0 atom stereocenters. The zero-order valence-electron chi connectivity index (χ0n) is 9.02. The van der Waals surface area contributed by atoms with Crippen molar-refractivity contribution in [1.29, 1.82) is 0 Å². The lowest BCUT2D eigenvalue weighted by Crippen LogP contribution is -2.21. The molecule has 1 rings (SSSR count). The number of hydrogen-bond donors (Lipinski definition) is 0. The van der Waals surface area contributed by atoms with Gasteiger partial charge in [0, 0.05) is 0 Å². The molecule has 0 amide bonds. The molecule has 1 aromatic rings. The first kappa shape index (κ1) is 10.3.